The van der Waals surface area contributed by atoms with Gasteiger partial charge in [-0.1, -0.05) is 13.3 Å². The summed E-state index contributed by atoms with van der Waals surface area (Å²) in [7, 11) is 0. The molecule has 0 bridgehead atoms. The van der Waals surface area contributed by atoms with Crippen LogP contribution in [0.25, 0.3) is 0 Å². The standard InChI is InChI=1S/C8H17NO/c1-3-5-8-6-7-9(8)10-4-2/h8H,3-7H2,1-2H3. The van der Waals surface area contributed by atoms with Crippen LogP contribution in [-0.2, 0) is 4.84 Å². The van der Waals surface area contributed by atoms with Crippen LogP contribution in [0, 0.1) is 0 Å². The fourth-order valence-corrected chi connectivity index (χ4v) is 1.37. The van der Waals surface area contributed by atoms with Crippen molar-refractivity contribution in [2.24, 2.45) is 0 Å². The van der Waals surface area contributed by atoms with Crippen LogP contribution in [0.5, 0.6) is 0 Å². The van der Waals surface area contributed by atoms with Crippen molar-refractivity contribution in [3.05, 3.63) is 0 Å². The van der Waals surface area contributed by atoms with Crippen molar-refractivity contribution in [3.8, 4) is 0 Å². The lowest BCUT2D eigenvalue weighted by Gasteiger charge is -2.39. The molecule has 0 aromatic rings. The topological polar surface area (TPSA) is 12.5 Å². The Labute approximate surface area is 63.1 Å². The first-order valence-electron chi connectivity index (χ1n) is 4.28. The highest BCUT2D eigenvalue weighted by molar-refractivity contribution is 4.75. The molecule has 0 aliphatic carbocycles. The number of hydrogen-bond donors (Lipinski definition) is 0. The van der Waals surface area contributed by atoms with Crippen molar-refractivity contribution >= 4 is 0 Å². The SMILES string of the molecule is CCCC1CCN1OCC. The zero-order valence-corrected chi connectivity index (χ0v) is 6.97. The van der Waals surface area contributed by atoms with E-state index < -0.39 is 0 Å². The molecular formula is C8H17NO. The summed E-state index contributed by atoms with van der Waals surface area (Å²) in [6, 6.07) is 0.727. The van der Waals surface area contributed by atoms with Crippen molar-refractivity contribution in [1.29, 1.82) is 0 Å². The molecule has 0 aromatic carbocycles. The first-order chi connectivity index (χ1) is 4.88. The van der Waals surface area contributed by atoms with E-state index in [2.05, 4.69) is 12.0 Å². The Morgan fingerprint density at radius 1 is 1.50 bits per heavy atom. The maximum atomic E-state index is 5.38. The van der Waals surface area contributed by atoms with Gasteiger partial charge in [-0.2, -0.15) is 5.06 Å². The second-order valence-corrected chi connectivity index (χ2v) is 2.79. The number of hydroxylamine groups is 2. The van der Waals surface area contributed by atoms with Gasteiger partial charge in [0, 0.05) is 12.6 Å². The van der Waals surface area contributed by atoms with Gasteiger partial charge < -0.3 is 0 Å². The largest absolute Gasteiger partial charge is 0.299 e. The van der Waals surface area contributed by atoms with Crippen LogP contribution in [0.2, 0.25) is 0 Å². The summed E-state index contributed by atoms with van der Waals surface area (Å²) in [6.07, 6.45) is 3.89. The predicted octanol–water partition coefficient (Wildman–Crippen LogP) is 1.81. The van der Waals surface area contributed by atoms with E-state index in [0.29, 0.717) is 0 Å². The number of hydrogen-bond acceptors (Lipinski definition) is 2. The van der Waals surface area contributed by atoms with E-state index in [4.69, 9.17) is 4.84 Å². The van der Waals surface area contributed by atoms with Crippen LogP contribution >= 0.6 is 0 Å². The summed E-state index contributed by atoms with van der Waals surface area (Å²) in [5.74, 6) is 0. The molecule has 1 heterocycles. The summed E-state index contributed by atoms with van der Waals surface area (Å²) in [6.45, 7) is 6.22. The van der Waals surface area contributed by atoms with Crippen molar-refractivity contribution in [2.75, 3.05) is 13.2 Å². The first kappa shape index (κ1) is 8.02. The minimum absolute atomic E-state index is 0.727. The van der Waals surface area contributed by atoms with Crippen LogP contribution in [0.4, 0.5) is 0 Å². The number of rotatable bonds is 4. The predicted molar refractivity (Wildman–Crippen MR) is 41.6 cm³/mol. The lowest BCUT2D eigenvalue weighted by molar-refractivity contribution is -0.229. The van der Waals surface area contributed by atoms with Gasteiger partial charge in [0.2, 0.25) is 0 Å². The first-order valence-corrected chi connectivity index (χ1v) is 4.28. The molecule has 1 unspecified atom stereocenters. The number of nitrogens with zero attached hydrogens (tertiary/aromatic N) is 1. The van der Waals surface area contributed by atoms with Crippen LogP contribution in [0.15, 0.2) is 0 Å². The molecule has 1 fully saturated rings. The molecule has 0 saturated carbocycles. The Kier molecular flexibility index (Phi) is 3.16. The van der Waals surface area contributed by atoms with E-state index in [0.717, 1.165) is 19.2 Å². The van der Waals surface area contributed by atoms with Crippen LogP contribution in [-0.4, -0.2) is 24.3 Å². The summed E-state index contributed by atoms with van der Waals surface area (Å²) in [5, 5.41) is 2.11. The van der Waals surface area contributed by atoms with Crippen LogP contribution in [0.3, 0.4) is 0 Å². The van der Waals surface area contributed by atoms with Gasteiger partial charge in [0.05, 0.1) is 6.61 Å². The molecule has 2 nitrogen and oxygen atoms in total. The third kappa shape index (κ3) is 1.70. The van der Waals surface area contributed by atoms with E-state index in [1.54, 1.807) is 0 Å². The van der Waals surface area contributed by atoms with E-state index in [1.165, 1.54) is 19.3 Å². The van der Waals surface area contributed by atoms with Crippen molar-refractivity contribution in [1.82, 2.24) is 5.06 Å². The van der Waals surface area contributed by atoms with Gasteiger partial charge in [-0.3, -0.25) is 4.84 Å². The third-order valence-corrected chi connectivity index (χ3v) is 2.01. The summed E-state index contributed by atoms with van der Waals surface area (Å²) in [5.41, 5.74) is 0. The van der Waals surface area contributed by atoms with Gasteiger partial charge in [-0.05, 0) is 19.8 Å². The normalized spacial score (nSPS) is 26.4. The molecule has 0 radical (unpaired) electrons. The zero-order valence-electron chi connectivity index (χ0n) is 6.97. The van der Waals surface area contributed by atoms with Gasteiger partial charge in [-0.15, -0.1) is 0 Å². The van der Waals surface area contributed by atoms with Gasteiger partial charge in [0.25, 0.3) is 0 Å². The Bertz CT molecular complexity index is 83.3. The Hall–Kier alpha value is -0.0800. The summed E-state index contributed by atoms with van der Waals surface area (Å²) in [4.78, 5) is 5.38. The molecule has 1 aliphatic heterocycles. The quantitative estimate of drug-likeness (QED) is 0.595. The molecule has 10 heavy (non-hydrogen) atoms. The molecule has 1 aliphatic rings. The molecule has 1 atom stereocenters. The summed E-state index contributed by atoms with van der Waals surface area (Å²) >= 11 is 0. The molecular weight excluding hydrogens is 126 g/mol. The Morgan fingerprint density at radius 2 is 2.30 bits per heavy atom. The molecule has 0 N–H and O–H groups in total. The fourth-order valence-electron chi connectivity index (χ4n) is 1.37. The highest BCUT2D eigenvalue weighted by atomic mass is 16.7. The lowest BCUT2D eigenvalue weighted by atomic mass is 10.0. The molecule has 2 heteroatoms. The van der Waals surface area contributed by atoms with Crippen LogP contribution < -0.4 is 0 Å². The maximum absolute atomic E-state index is 5.38. The molecule has 60 valence electrons. The molecule has 1 rings (SSSR count). The van der Waals surface area contributed by atoms with Crippen molar-refractivity contribution < 1.29 is 4.84 Å². The monoisotopic (exact) mass is 143 g/mol. The highest BCUT2D eigenvalue weighted by Crippen LogP contribution is 2.21. The maximum Gasteiger partial charge on any atom is 0.0657 e. The molecule has 1 saturated heterocycles. The van der Waals surface area contributed by atoms with Crippen LogP contribution in [0.1, 0.15) is 33.1 Å². The second-order valence-electron chi connectivity index (χ2n) is 2.79. The zero-order chi connectivity index (χ0) is 7.40. The Balaban J connectivity index is 2.09. The minimum atomic E-state index is 0.727. The summed E-state index contributed by atoms with van der Waals surface area (Å²) < 4.78 is 0. The fraction of sp³-hybridized carbons (Fsp3) is 1.00. The van der Waals surface area contributed by atoms with Gasteiger partial charge in [0.1, 0.15) is 0 Å². The second kappa shape index (κ2) is 3.94. The van der Waals surface area contributed by atoms with E-state index in [-0.39, 0.29) is 0 Å². The van der Waals surface area contributed by atoms with Crippen molar-refractivity contribution in [3.63, 3.8) is 0 Å². The molecule has 0 amide bonds. The molecule has 0 spiro atoms. The Morgan fingerprint density at radius 3 is 2.70 bits per heavy atom. The minimum Gasteiger partial charge on any atom is -0.299 e. The third-order valence-electron chi connectivity index (χ3n) is 2.01. The molecule has 0 aromatic heterocycles. The van der Waals surface area contributed by atoms with Crippen molar-refractivity contribution in [2.45, 2.75) is 39.2 Å². The van der Waals surface area contributed by atoms with E-state index in [9.17, 15) is 0 Å². The highest BCUT2D eigenvalue weighted by Gasteiger charge is 2.27. The lowest BCUT2D eigenvalue weighted by Crippen LogP contribution is -2.47. The van der Waals surface area contributed by atoms with Gasteiger partial charge >= 0.3 is 0 Å². The van der Waals surface area contributed by atoms with Gasteiger partial charge in [-0.25, -0.2) is 0 Å². The van der Waals surface area contributed by atoms with E-state index >= 15 is 0 Å². The average molecular weight is 143 g/mol. The average Bonchev–Trinajstić information content (AvgIpc) is 1.93. The van der Waals surface area contributed by atoms with E-state index in [1.807, 2.05) is 6.92 Å². The van der Waals surface area contributed by atoms with Gasteiger partial charge in [0.15, 0.2) is 0 Å². The smallest absolute Gasteiger partial charge is 0.0657 e.